The van der Waals surface area contributed by atoms with Crippen LogP contribution in [-0.4, -0.2) is 37.6 Å². The molecule has 0 saturated carbocycles. The van der Waals surface area contributed by atoms with E-state index < -0.39 is 0 Å². The molecular formula is C22H28N2O2. The van der Waals surface area contributed by atoms with Crippen molar-refractivity contribution in [2.24, 2.45) is 0 Å². The molecule has 0 radical (unpaired) electrons. The average molecular weight is 352 g/mol. The summed E-state index contributed by atoms with van der Waals surface area (Å²) in [7, 11) is 1.66. The highest BCUT2D eigenvalue weighted by molar-refractivity contribution is 5.79. The van der Waals surface area contributed by atoms with Crippen LogP contribution in [0.15, 0.2) is 54.6 Å². The summed E-state index contributed by atoms with van der Waals surface area (Å²) in [6.45, 7) is 2.51. The number of ether oxygens (including phenoxy) is 1. The van der Waals surface area contributed by atoms with Gasteiger partial charge in [0.1, 0.15) is 5.75 Å². The van der Waals surface area contributed by atoms with Gasteiger partial charge in [-0.1, -0.05) is 55.3 Å². The zero-order valence-electron chi connectivity index (χ0n) is 15.5. The molecule has 1 amide bonds. The molecule has 0 unspecified atom stereocenters. The number of nitrogens with zero attached hydrogens (tertiary/aromatic N) is 1. The second-order valence-electron chi connectivity index (χ2n) is 6.87. The number of hydrogen-bond acceptors (Lipinski definition) is 3. The smallest absolute Gasteiger partial charge is 0.234 e. The van der Waals surface area contributed by atoms with E-state index in [1.54, 1.807) is 7.11 Å². The monoisotopic (exact) mass is 352 g/mol. The molecule has 26 heavy (non-hydrogen) atoms. The molecule has 2 aromatic rings. The number of rotatable bonds is 6. The van der Waals surface area contributed by atoms with Crippen molar-refractivity contribution in [3.05, 3.63) is 65.7 Å². The highest BCUT2D eigenvalue weighted by Crippen LogP contribution is 2.24. The number of likely N-dealkylation sites (tertiary alicyclic amines) is 1. The van der Waals surface area contributed by atoms with E-state index in [2.05, 4.69) is 22.3 Å². The Morgan fingerprint density at radius 2 is 1.58 bits per heavy atom. The Bertz CT molecular complexity index is 677. The topological polar surface area (TPSA) is 41.6 Å². The molecule has 0 aliphatic carbocycles. The van der Waals surface area contributed by atoms with Crippen LogP contribution in [0.4, 0.5) is 0 Å². The van der Waals surface area contributed by atoms with Gasteiger partial charge >= 0.3 is 0 Å². The maximum Gasteiger partial charge on any atom is 0.234 e. The largest absolute Gasteiger partial charge is 0.497 e. The Labute approximate surface area is 156 Å². The van der Waals surface area contributed by atoms with Crippen LogP contribution in [0.5, 0.6) is 5.75 Å². The fraction of sp³-hybridized carbons (Fsp3) is 0.409. The molecule has 1 saturated heterocycles. The lowest BCUT2D eigenvalue weighted by atomic mass is 9.98. The molecule has 1 atom stereocenters. The van der Waals surface area contributed by atoms with Gasteiger partial charge < -0.3 is 10.1 Å². The van der Waals surface area contributed by atoms with Crippen molar-refractivity contribution in [2.75, 3.05) is 26.7 Å². The van der Waals surface area contributed by atoms with E-state index in [1.165, 1.54) is 25.7 Å². The molecule has 1 N–H and O–H groups in total. The minimum absolute atomic E-state index is 0.0802. The Morgan fingerprint density at radius 1 is 0.962 bits per heavy atom. The average Bonchev–Trinajstić information content (AvgIpc) is 2.95. The van der Waals surface area contributed by atoms with Crippen LogP contribution >= 0.6 is 0 Å². The first kappa shape index (κ1) is 18.5. The normalized spacial score (nSPS) is 16.5. The zero-order chi connectivity index (χ0) is 18.2. The highest BCUT2D eigenvalue weighted by atomic mass is 16.5. The van der Waals surface area contributed by atoms with Crippen molar-refractivity contribution in [1.82, 2.24) is 10.2 Å². The molecule has 2 aromatic carbocycles. The fourth-order valence-corrected chi connectivity index (χ4v) is 3.50. The number of carbonyl (C=O) groups excluding carboxylic acids is 1. The number of carbonyl (C=O) groups is 1. The first-order valence-electron chi connectivity index (χ1n) is 9.47. The summed E-state index contributed by atoms with van der Waals surface area (Å²) in [5.74, 6) is 0.896. The minimum atomic E-state index is -0.151. The molecule has 138 valence electrons. The van der Waals surface area contributed by atoms with E-state index >= 15 is 0 Å². The lowest BCUT2D eigenvalue weighted by molar-refractivity contribution is -0.122. The van der Waals surface area contributed by atoms with Gasteiger partial charge in [0.15, 0.2) is 0 Å². The standard InChI is InChI=1S/C22H28N2O2/c1-26-20-13-11-19(12-14-20)22(18-9-5-4-6-10-18)23-21(25)17-24-15-7-2-3-8-16-24/h4-6,9-14,22H,2-3,7-8,15-17H2,1H3,(H,23,25)/t22-/m1/s1. The van der Waals surface area contributed by atoms with Gasteiger partial charge in [-0.15, -0.1) is 0 Å². The van der Waals surface area contributed by atoms with Gasteiger partial charge in [-0.25, -0.2) is 0 Å². The van der Waals surface area contributed by atoms with E-state index in [4.69, 9.17) is 4.74 Å². The molecule has 1 aliphatic rings. The predicted octanol–water partition coefficient (Wildman–Crippen LogP) is 3.78. The number of methoxy groups -OCH3 is 1. The van der Waals surface area contributed by atoms with Crippen LogP contribution in [0.3, 0.4) is 0 Å². The van der Waals surface area contributed by atoms with Gasteiger partial charge in [0.25, 0.3) is 0 Å². The molecule has 1 fully saturated rings. The summed E-state index contributed by atoms with van der Waals surface area (Å²) in [5.41, 5.74) is 2.14. The van der Waals surface area contributed by atoms with Crippen LogP contribution in [0.25, 0.3) is 0 Å². The van der Waals surface area contributed by atoms with E-state index in [1.807, 2.05) is 42.5 Å². The van der Waals surface area contributed by atoms with Crippen LogP contribution in [-0.2, 0) is 4.79 Å². The minimum Gasteiger partial charge on any atom is -0.497 e. The van der Waals surface area contributed by atoms with Gasteiger partial charge in [-0.2, -0.15) is 0 Å². The molecule has 1 aliphatic heterocycles. The SMILES string of the molecule is COc1ccc([C@H](NC(=O)CN2CCCCCC2)c2ccccc2)cc1. The second kappa shape index (κ2) is 9.39. The Kier molecular flexibility index (Phi) is 6.67. The van der Waals surface area contributed by atoms with E-state index in [-0.39, 0.29) is 11.9 Å². The number of nitrogens with one attached hydrogen (secondary N) is 1. The Hall–Kier alpha value is -2.33. The summed E-state index contributed by atoms with van der Waals surface area (Å²) < 4.78 is 5.25. The van der Waals surface area contributed by atoms with Crippen molar-refractivity contribution in [3.8, 4) is 5.75 Å². The number of amides is 1. The van der Waals surface area contributed by atoms with Gasteiger partial charge in [-0.3, -0.25) is 9.69 Å². The van der Waals surface area contributed by atoms with Crippen molar-refractivity contribution >= 4 is 5.91 Å². The van der Waals surface area contributed by atoms with Crippen LogP contribution in [0.1, 0.15) is 42.9 Å². The molecule has 0 aromatic heterocycles. The van der Waals surface area contributed by atoms with Gasteiger partial charge in [0.05, 0.1) is 19.7 Å². The summed E-state index contributed by atoms with van der Waals surface area (Å²) in [5, 5.41) is 3.23. The molecule has 3 rings (SSSR count). The van der Waals surface area contributed by atoms with E-state index in [0.29, 0.717) is 6.54 Å². The Morgan fingerprint density at radius 3 is 2.19 bits per heavy atom. The first-order chi connectivity index (χ1) is 12.8. The van der Waals surface area contributed by atoms with Gasteiger partial charge in [-0.05, 0) is 49.2 Å². The highest BCUT2D eigenvalue weighted by Gasteiger charge is 2.19. The van der Waals surface area contributed by atoms with Crippen molar-refractivity contribution in [1.29, 1.82) is 0 Å². The molecule has 0 spiro atoms. The Balaban J connectivity index is 1.73. The summed E-state index contributed by atoms with van der Waals surface area (Å²) in [6.07, 6.45) is 4.93. The maximum atomic E-state index is 12.7. The van der Waals surface area contributed by atoms with Crippen molar-refractivity contribution in [3.63, 3.8) is 0 Å². The van der Waals surface area contributed by atoms with Crippen molar-refractivity contribution < 1.29 is 9.53 Å². The first-order valence-corrected chi connectivity index (χ1v) is 9.47. The molecule has 0 bridgehead atoms. The summed E-state index contributed by atoms with van der Waals surface area (Å²) in [6, 6.07) is 17.9. The molecular weight excluding hydrogens is 324 g/mol. The van der Waals surface area contributed by atoms with Gasteiger partial charge in [0, 0.05) is 0 Å². The summed E-state index contributed by atoms with van der Waals surface area (Å²) >= 11 is 0. The lowest BCUT2D eigenvalue weighted by Gasteiger charge is -2.23. The van der Waals surface area contributed by atoms with Crippen molar-refractivity contribution in [2.45, 2.75) is 31.7 Å². The second-order valence-corrected chi connectivity index (χ2v) is 6.87. The van der Waals surface area contributed by atoms with E-state index in [9.17, 15) is 4.79 Å². The van der Waals surface area contributed by atoms with E-state index in [0.717, 1.165) is 30.0 Å². The maximum absolute atomic E-state index is 12.7. The number of benzene rings is 2. The third kappa shape index (κ3) is 5.09. The molecule has 1 heterocycles. The lowest BCUT2D eigenvalue weighted by Crippen LogP contribution is -2.39. The van der Waals surface area contributed by atoms with Crippen LogP contribution in [0.2, 0.25) is 0 Å². The third-order valence-corrected chi connectivity index (χ3v) is 4.95. The quantitative estimate of drug-likeness (QED) is 0.860. The summed E-state index contributed by atoms with van der Waals surface area (Å²) in [4.78, 5) is 15.0. The van der Waals surface area contributed by atoms with Crippen LogP contribution < -0.4 is 10.1 Å². The molecule has 4 heteroatoms. The predicted molar refractivity (Wildman–Crippen MR) is 104 cm³/mol. The third-order valence-electron chi connectivity index (χ3n) is 4.95. The fourth-order valence-electron chi connectivity index (χ4n) is 3.50. The van der Waals surface area contributed by atoms with Gasteiger partial charge in [0.2, 0.25) is 5.91 Å². The zero-order valence-corrected chi connectivity index (χ0v) is 15.5. The number of hydrogen-bond donors (Lipinski definition) is 1. The van der Waals surface area contributed by atoms with Crippen LogP contribution in [0, 0.1) is 0 Å². The molecule has 4 nitrogen and oxygen atoms in total.